The fraction of sp³-hybridized carbons (Fsp3) is 0.105. The number of aryl methyl sites for hydroxylation is 2. The maximum Gasteiger partial charge on any atom is 0.322 e. The van der Waals surface area contributed by atoms with Crippen LogP contribution in [0, 0.1) is 37.1 Å². The molecule has 5 nitrogen and oxygen atoms in total. The third-order valence-electron chi connectivity index (χ3n) is 3.81. The number of anilines is 1. The smallest absolute Gasteiger partial charge is 0.322 e. The minimum Gasteiger partial charge on any atom is -0.421 e. The highest BCUT2D eigenvalue weighted by Gasteiger charge is 2.21. The number of hydrogen-bond acceptors (Lipinski definition) is 4. The van der Waals surface area contributed by atoms with Gasteiger partial charge in [0.15, 0.2) is 29.0 Å². The highest BCUT2D eigenvalue weighted by atomic mass is 19.2. The van der Waals surface area contributed by atoms with E-state index >= 15 is 0 Å². The predicted molar refractivity (Wildman–Crippen MR) is 92.2 cm³/mol. The number of hydrogen-bond donors (Lipinski definition) is 1. The molecule has 1 heterocycles. The zero-order valence-electron chi connectivity index (χ0n) is 14.7. The van der Waals surface area contributed by atoms with Crippen LogP contribution in [0.4, 0.5) is 23.2 Å². The van der Waals surface area contributed by atoms with Crippen molar-refractivity contribution in [1.29, 1.82) is 0 Å². The number of ether oxygens (including phenoxy) is 1. The van der Waals surface area contributed by atoms with Gasteiger partial charge in [-0.1, -0.05) is 12.1 Å². The van der Waals surface area contributed by atoms with Gasteiger partial charge in [-0.3, -0.25) is 4.79 Å². The molecule has 144 valence electrons. The molecular formula is C19H13F4N3O2. The number of halogens is 4. The topological polar surface area (TPSA) is 64.1 Å². The van der Waals surface area contributed by atoms with Crippen LogP contribution in [0.3, 0.4) is 0 Å². The number of benzene rings is 2. The van der Waals surface area contributed by atoms with Gasteiger partial charge in [0.1, 0.15) is 0 Å². The lowest BCUT2D eigenvalue weighted by atomic mass is 10.1. The lowest BCUT2D eigenvalue weighted by molar-refractivity contribution is 0.102. The fourth-order valence-electron chi connectivity index (χ4n) is 2.42. The largest absolute Gasteiger partial charge is 0.421 e. The quantitative estimate of drug-likeness (QED) is 0.518. The Bertz CT molecular complexity index is 1050. The van der Waals surface area contributed by atoms with Gasteiger partial charge < -0.3 is 10.1 Å². The van der Waals surface area contributed by atoms with Crippen LogP contribution in [0.15, 0.2) is 36.4 Å². The normalized spacial score (nSPS) is 10.6. The molecule has 2 aromatic carbocycles. The van der Waals surface area contributed by atoms with Crippen molar-refractivity contribution in [3.63, 3.8) is 0 Å². The molecule has 3 aromatic rings. The summed E-state index contributed by atoms with van der Waals surface area (Å²) in [5.41, 5.74) is -0.0511. The first-order valence-electron chi connectivity index (χ1n) is 8.00. The van der Waals surface area contributed by atoms with Gasteiger partial charge in [0.05, 0.1) is 22.6 Å². The molecule has 1 amide bonds. The molecule has 1 N–H and O–H groups in total. The van der Waals surface area contributed by atoms with E-state index in [2.05, 4.69) is 15.3 Å². The van der Waals surface area contributed by atoms with Crippen molar-refractivity contribution in [2.45, 2.75) is 13.8 Å². The molecule has 0 radical (unpaired) electrons. The van der Waals surface area contributed by atoms with Crippen LogP contribution in [-0.4, -0.2) is 15.9 Å². The van der Waals surface area contributed by atoms with Crippen LogP contribution in [0.25, 0.3) is 0 Å². The third kappa shape index (κ3) is 3.78. The molecule has 0 aliphatic rings. The Morgan fingerprint density at radius 2 is 1.54 bits per heavy atom. The SMILES string of the molecule is Cc1nc(Oc2ccccc2F)nc(C)c1NC(=O)c1ccc(F)c(F)c1F. The number of carbonyl (C=O) groups excluding carboxylic acids is 1. The number of nitrogens with zero attached hydrogens (tertiary/aromatic N) is 2. The molecule has 0 saturated heterocycles. The van der Waals surface area contributed by atoms with Crippen molar-refractivity contribution in [3.05, 3.63) is 76.6 Å². The van der Waals surface area contributed by atoms with E-state index in [9.17, 15) is 22.4 Å². The van der Waals surface area contributed by atoms with Crippen LogP contribution in [0.1, 0.15) is 21.7 Å². The third-order valence-corrected chi connectivity index (χ3v) is 3.81. The van der Waals surface area contributed by atoms with Crippen LogP contribution >= 0.6 is 0 Å². The van der Waals surface area contributed by atoms with E-state index in [4.69, 9.17) is 4.74 Å². The van der Waals surface area contributed by atoms with Crippen molar-refractivity contribution in [2.24, 2.45) is 0 Å². The molecule has 0 atom stereocenters. The molecule has 0 fully saturated rings. The monoisotopic (exact) mass is 391 g/mol. The average molecular weight is 391 g/mol. The van der Waals surface area contributed by atoms with E-state index in [1.165, 1.54) is 32.0 Å². The molecular weight excluding hydrogens is 378 g/mol. The van der Waals surface area contributed by atoms with Crippen LogP contribution in [0.5, 0.6) is 11.8 Å². The highest BCUT2D eigenvalue weighted by Crippen LogP contribution is 2.26. The van der Waals surface area contributed by atoms with Crippen LogP contribution in [0.2, 0.25) is 0 Å². The minimum absolute atomic E-state index is 0.0815. The van der Waals surface area contributed by atoms with E-state index in [1.54, 1.807) is 6.07 Å². The zero-order valence-corrected chi connectivity index (χ0v) is 14.7. The summed E-state index contributed by atoms with van der Waals surface area (Å²) in [6.45, 7) is 3.03. The first-order valence-corrected chi connectivity index (χ1v) is 8.00. The average Bonchev–Trinajstić information content (AvgIpc) is 2.64. The lowest BCUT2D eigenvalue weighted by Gasteiger charge is -2.13. The minimum atomic E-state index is -1.74. The van der Waals surface area contributed by atoms with Gasteiger partial charge in [-0.15, -0.1) is 0 Å². The Labute approximate surface area is 157 Å². The molecule has 1 aromatic heterocycles. The van der Waals surface area contributed by atoms with E-state index in [0.29, 0.717) is 6.07 Å². The summed E-state index contributed by atoms with van der Waals surface area (Å²) in [6.07, 6.45) is 0. The second-order valence-corrected chi connectivity index (χ2v) is 5.76. The molecule has 0 unspecified atom stereocenters. The molecule has 0 bridgehead atoms. The van der Waals surface area contributed by atoms with Gasteiger partial charge in [-0.2, -0.15) is 9.97 Å². The highest BCUT2D eigenvalue weighted by molar-refractivity contribution is 6.05. The fourth-order valence-corrected chi connectivity index (χ4v) is 2.42. The van der Waals surface area contributed by atoms with Crippen molar-refractivity contribution < 1.29 is 27.1 Å². The second-order valence-electron chi connectivity index (χ2n) is 5.76. The summed E-state index contributed by atoms with van der Waals surface area (Å²) in [6, 6.07) is 6.99. The number of para-hydroxylation sites is 1. The van der Waals surface area contributed by atoms with Crippen molar-refractivity contribution >= 4 is 11.6 Å². The molecule has 3 rings (SSSR count). The summed E-state index contributed by atoms with van der Waals surface area (Å²) in [4.78, 5) is 20.3. The lowest BCUT2D eigenvalue weighted by Crippen LogP contribution is -2.17. The van der Waals surface area contributed by atoms with Gasteiger partial charge in [-0.25, -0.2) is 17.6 Å². The Morgan fingerprint density at radius 1 is 0.893 bits per heavy atom. The maximum atomic E-state index is 13.8. The van der Waals surface area contributed by atoms with Gasteiger partial charge >= 0.3 is 6.01 Å². The van der Waals surface area contributed by atoms with E-state index in [-0.39, 0.29) is 28.8 Å². The van der Waals surface area contributed by atoms with Crippen molar-refractivity contribution in [1.82, 2.24) is 9.97 Å². The zero-order chi connectivity index (χ0) is 20.4. The number of aromatic nitrogens is 2. The molecule has 0 saturated carbocycles. The number of amides is 1. The predicted octanol–water partition coefficient (Wildman–Crippen LogP) is 4.69. The summed E-state index contributed by atoms with van der Waals surface area (Å²) in [5.74, 6) is -6.44. The van der Waals surface area contributed by atoms with Gasteiger partial charge in [-0.05, 0) is 38.1 Å². The Morgan fingerprint density at radius 3 is 2.18 bits per heavy atom. The second kappa shape index (κ2) is 7.63. The van der Waals surface area contributed by atoms with Crippen molar-refractivity contribution in [3.8, 4) is 11.8 Å². The Hall–Kier alpha value is -3.49. The van der Waals surface area contributed by atoms with Gasteiger partial charge in [0.25, 0.3) is 5.91 Å². The van der Waals surface area contributed by atoms with Crippen LogP contribution in [-0.2, 0) is 0 Å². The standard InChI is InChI=1S/C19H13F4N3O2/c1-9-17(26-18(27)11-7-8-13(21)16(23)15(11)22)10(2)25-19(24-9)28-14-6-4-3-5-12(14)20/h3-8H,1-2H3,(H,26,27). The Balaban J connectivity index is 1.87. The molecule has 28 heavy (non-hydrogen) atoms. The molecule has 0 spiro atoms. The van der Waals surface area contributed by atoms with E-state index in [0.717, 1.165) is 6.07 Å². The molecule has 9 heteroatoms. The summed E-state index contributed by atoms with van der Waals surface area (Å²) in [5, 5.41) is 2.36. The van der Waals surface area contributed by atoms with Crippen molar-refractivity contribution in [2.75, 3.05) is 5.32 Å². The van der Waals surface area contributed by atoms with E-state index in [1.807, 2.05) is 0 Å². The summed E-state index contributed by atoms with van der Waals surface area (Å²) in [7, 11) is 0. The number of rotatable bonds is 4. The number of carbonyl (C=O) groups is 1. The maximum absolute atomic E-state index is 13.8. The Kier molecular flexibility index (Phi) is 5.25. The first-order chi connectivity index (χ1) is 13.3. The first kappa shape index (κ1) is 19.3. The number of nitrogens with one attached hydrogen (secondary N) is 1. The van der Waals surface area contributed by atoms with Crippen LogP contribution < -0.4 is 10.1 Å². The summed E-state index contributed by atoms with van der Waals surface area (Å²) < 4.78 is 59.1. The van der Waals surface area contributed by atoms with Gasteiger partial charge in [0, 0.05) is 0 Å². The van der Waals surface area contributed by atoms with E-state index < -0.39 is 34.7 Å². The molecule has 0 aliphatic heterocycles. The molecule has 0 aliphatic carbocycles. The summed E-state index contributed by atoms with van der Waals surface area (Å²) >= 11 is 0. The van der Waals surface area contributed by atoms with Gasteiger partial charge in [0.2, 0.25) is 0 Å².